The Bertz CT molecular complexity index is 1610. The quantitative estimate of drug-likeness (QED) is 0.181. The number of nitrogens with one attached hydrogen (secondary N) is 3. The van der Waals surface area contributed by atoms with Gasteiger partial charge in [0.25, 0.3) is 0 Å². The number of anilines is 6. The molecule has 0 saturated heterocycles. The van der Waals surface area contributed by atoms with Gasteiger partial charge in [0.2, 0.25) is 0 Å². The van der Waals surface area contributed by atoms with Gasteiger partial charge in [0.05, 0.1) is 5.69 Å². The third kappa shape index (κ3) is 6.25. The summed E-state index contributed by atoms with van der Waals surface area (Å²) in [6, 6.07) is 43.5. The Morgan fingerprint density at radius 1 is 0.500 bits per heavy atom. The first-order valence-corrected chi connectivity index (χ1v) is 13.5. The molecule has 0 saturated carbocycles. The molecule has 4 nitrogen and oxygen atoms in total. The average Bonchev–Trinajstić information content (AvgIpc) is 3.01. The van der Waals surface area contributed by atoms with Crippen LogP contribution < -0.4 is 20.7 Å². The van der Waals surface area contributed by atoms with Crippen LogP contribution in [0.3, 0.4) is 0 Å². The standard InChI is InChI=1S/C36H31N3O/c1-3-11-28(12-4-1)37-29-21-19-27(20-22-29)33-15-7-8-16-34(33)38-30-23-25-31(26-24-30)39-35-17-9-10-18-36(35)40-32-13-5-2-6-14-32/h1-13,15-26,32,37-39H,14H2. The minimum Gasteiger partial charge on any atom is -0.484 e. The zero-order valence-electron chi connectivity index (χ0n) is 22.1. The fraction of sp³-hybridized carbons (Fsp3) is 0.0556. The second kappa shape index (κ2) is 12.1. The number of allylic oxidation sites excluding steroid dienone is 2. The number of ether oxygens (including phenoxy) is 1. The molecule has 0 aromatic heterocycles. The number of rotatable bonds is 9. The van der Waals surface area contributed by atoms with Gasteiger partial charge in [0, 0.05) is 40.4 Å². The summed E-state index contributed by atoms with van der Waals surface area (Å²) in [5, 5.41) is 10.6. The zero-order valence-corrected chi connectivity index (χ0v) is 22.1. The lowest BCUT2D eigenvalue weighted by molar-refractivity contribution is 0.253. The van der Waals surface area contributed by atoms with E-state index >= 15 is 0 Å². The molecule has 4 heteroatoms. The molecule has 1 aliphatic carbocycles. The van der Waals surface area contributed by atoms with E-state index in [9.17, 15) is 0 Å². The normalized spacial score (nSPS) is 13.9. The molecule has 0 fully saturated rings. The van der Waals surface area contributed by atoms with Gasteiger partial charge in [-0.25, -0.2) is 0 Å². The van der Waals surface area contributed by atoms with Crippen molar-refractivity contribution in [1.82, 2.24) is 0 Å². The lowest BCUT2D eigenvalue weighted by atomic mass is 10.0. The highest BCUT2D eigenvalue weighted by molar-refractivity contribution is 5.82. The van der Waals surface area contributed by atoms with Gasteiger partial charge in [-0.05, 0) is 78.4 Å². The highest BCUT2D eigenvalue weighted by atomic mass is 16.5. The topological polar surface area (TPSA) is 45.3 Å². The van der Waals surface area contributed by atoms with Crippen LogP contribution >= 0.6 is 0 Å². The first-order valence-electron chi connectivity index (χ1n) is 13.5. The zero-order chi connectivity index (χ0) is 27.0. The molecule has 0 heterocycles. The van der Waals surface area contributed by atoms with Crippen LogP contribution in [-0.4, -0.2) is 6.10 Å². The first kappa shape index (κ1) is 25.1. The molecular formula is C36H31N3O. The molecule has 6 rings (SSSR count). The maximum absolute atomic E-state index is 6.24. The molecule has 0 spiro atoms. The molecule has 0 amide bonds. The monoisotopic (exact) mass is 521 g/mol. The lowest BCUT2D eigenvalue weighted by Crippen LogP contribution is -2.14. The van der Waals surface area contributed by atoms with Gasteiger partial charge in [-0.3, -0.25) is 0 Å². The number of hydrogen-bond acceptors (Lipinski definition) is 4. The molecule has 0 aliphatic heterocycles. The molecule has 1 atom stereocenters. The summed E-state index contributed by atoms with van der Waals surface area (Å²) >= 11 is 0. The van der Waals surface area contributed by atoms with Crippen molar-refractivity contribution in [1.29, 1.82) is 0 Å². The van der Waals surface area contributed by atoms with Gasteiger partial charge in [-0.2, -0.15) is 0 Å². The fourth-order valence-corrected chi connectivity index (χ4v) is 4.69. The predicted octanol–water partition coefficient (Wildman–Crippen LogP) is 9.85. The number of benzene rings is 5. The summed E-state index contributed by atoms with van der Waals surface area (Å²) in [5.74, 6) is 0.841. The molecule has 1 aliphatic rings. The summed E-state index contributed by atoms with van der Waals surface area (Å²) in [6.45, 7) is 0. The van der Waals surface area contributed by atoms with Crippen molar-refractivity contribution in [2.75, 3.05) is 16.0 Å². The SMILES string of the molecule is C1=CCC(Oc2ccccc2Nc2ccc(Nc3ccccc3-c3ccc(Nc4ccccc4)cc3)cc2)C=C1. The molecule has 1 unspecified atom stereocenters. The van der Waals surface area contributed by atoms with E-state index in [1.54, 1.807) is 0 Å². The van der Waals surface area contributed by atoms with Gasteiger partial charge < -0.3 is 20.7 Å². The van der Waals surface area contributed by atoms with Crippen molar-refractivity contribution in [3.8, 4) is 16.9 Å². The molecule has 5 aromatic carbocycles. The fourth-order valence-electron chi connectivity index (χ4n) is 4.69. The summed E-state index contributed by atoms with van der Waals surface area (Å²) in [6.07, 6.45) is 9.23. The minimum absolute atomic E-state index is 0.0518. The van der Waals surface area contributed by atoms with E-state index in [0.29, 0.717) is 0 Å². The Balaban J connectivity index is 1.14. The van der Waals surface area contributed by atoms with Crippen molar-refractivity contribution in [2.45, 2.75) is 12.5 Å². The van der Waals surface area contributed by atoms with E-state index in [1.807, 2.05) is 48.5 Å². The van der Waals surface area contributed by atoms with Crippen LogP contribution in [0.2, 0.25) is 0 Å². The maximum atomic E-state index is 6.24. The highest BCUT2D eigenvalue weighted by Gasteiger charge is 2.11. The largest absolute Gasteiger partial charge is 0.484 e. The van der Waals surface area contributed by atoms with Crippen molar-refractivity contribution in [3.63, 3.8) is 0 Å². The van der Waals surface area contributed by atoms with Gasteiger partial charge in [-0.1, -0.05) is 78.9 Å². The Kier molecular flexibility index (Phi) is 7.58. The van der Waals surface area contributed by atoms with Crippen molar-refractivity contribution < 1.29 is 4.74 Å². The molecule has 0 radical (unpaired) electrons. The lowest BCUT2D eigenvalue weighted by Gasteiger charge is -2.19. The average molecular weight is 522 g/mol. The van der Waals surface area contributed by atoms with Crippen LogP contribution in [0.25, 0.3) is 11.1 Å². The van der Waals surface area contributed by atoms with Gasteiger partial charge in [0.15, 0.2) is 0 Å². The first-order chi connectivity index (χ1) is 19.8. The third-order valence-electron chi connectivity index (χ3n) is 6.74. The van der Waals surface area contributed by atoms with Crippen LogP contribution in [0.5, 0.6) is 5.75 Å². The van der Waals surface area contributed by atoms with E-state index < -0.39 is 0 Å². The van der Waals surface area contributed by atoms with Gasteiger partial charge in [0.1, 0.15) is 11.9 Å². The molecule has 0 bridgehead atoms. The smallest absolute Gasteiger partial charge is 0.143 e. The highest BCUT2D eigenvalue weighted by Crippen LogP contribution is 2.33. The maximum Gasteiger partial charge on any atom is 0.143 e. The van der Waals surface area contributed by atoms with Crippen LogP contribution in [-0.2, 0) is 0 Å². The van der Waals surface area contributed by atoms with E-state index in [-0.39, 0.29) is 6.10 Å². The van der Waals surface area contributed by atoms with Crippen molar-refractivity contribution >= 4 is 34.1 Å². The molecule has 196 valence electrons. The number of para-hydroxylation sites is 4. The van der Waals surface area contributed by atoms with E-state index in [2.05, 4.69) is 119 Å². The van der Waals surface area contributed by atoms with Gasteiger partial charge >= 0.3 is 0 Å². The molecule has 3 N–H and O–H groups in total. The Morgan fingerprint density at radius 2 is 1.07 bits per heavy atom. The van der Waals surface area contributed by atoms with Crippen molar-refractivity contribution in [2.24, 2.45) is 0 Å². The Morgan fingerprint density at radius 3 is 1.80 bits per heavy atom. The van der Waals surface area contributed by atoms with Crippen LogP contribution in [0.15, 0.2) is 152 Å². The van der Waals surface area contributed by atoms with Crippen molar-refractivity contribution in [3.05, 3.63) is 152 Å². The predicted molar refractivity (Wildman–Crippen MR) is 168 cm³/mol. The second-order valence-electron chi connectivity index (χ2n) is 9.64. The summed E-state index contributed by atoms with van der Waals surface area (Å²) in [4.78, 5) is 0. The van der Waals surface area contributed by atoms with Gasteiger partial charge in [-0.15, -0.1) is 0 Å². The van der Waals surface area contributed by atoms with E-state index in [1.165, 1.54) is 0 Å². The number of hydrogen-bond donors (Lipinski definition) is 3. The summed E-state index contributed by atoms with van der Waals surface area (Å²) < 4.78 is 6.24. The third-order valence-corrected chi connectivity index (χ3v) is 6.74. The molecular weight excluding hydrogens is 490 g/mol. The summed E-state index contributed by atoms with van der Waals surface area (Å²) in [5.41, 5.74) is 8.45. The summed E-state index contributed by atoms with van der Waals surface area (Å²) in [7, 11) is 0. The Hall–Kier alpha value is -5.22. The molecule has 5 aromatic rings. The van der Waals surface area contributed by atoms with Crippen LogP contribution in [0.1, 0.15) is 6.42 Å². The molecule has 40 heavy (non-hydrogen) atoms. The van der Waals surface area contributed by atoms with Crippen LogP contribution in [0, 0.1) is 0 Å². The van der Waals surface area contributed by atoms with Crippen LogP contribution in [0.4, 0.5) is 34.1 Å². The Labute approximate surface area is 235 Å². The minimum atomic E-state index is 0.0518. The van der Waals surface area contributed by atoms with E-state index in [4.69, 9.17) is 4.74 Å². The van der Waals surface area contributed by atoms with E-state index in [0.717, 1.165) is 57.4 Å². The second-order valence-corrected chi connectivity index (χ2v) is 9.64.